The number of phenols is 1. The second-order valence-corrected chi connectivity index (χ2v) is 7.43. The molecule has 0 bridgehead atoms. The van der Waals surface area contributed by atoms with Crippen LogP contribution in [-0.2, 0) is 6.42 Å². The molecule has 4 unspecified atom stereocenters. The van der Waals surface area contributed by atoms with Gasteiger partial charge in [0.2, 0.25) is 0 Å². The Morgan fingerprint density at radius 1 is 1.33 bits per heavy atom. The molecule has 1 aromatic carbocycles. The largest absolute Gasteiger partial charge is 0.508 e. The van der Waals surface area contributed by atoms with Gasteiger partial charge in [0.25, 0.3) is 0 Å². The second-order valence-electron chi connectivity index (χ2n) is 7.43. The predicted octanol–water partition coefficient (Wildman–Crippen LogP) is 4.25. The number of benzene rings is 1. The lowest BCUT2D eigenvalue weighted by atomic mass is 9.52. The first-order valence-electron chi connectivity index (χ1n) is 8.47. The zero-order valence-electron chi connectivity index (χ0n) is 13.5. The maximum Gasteiger partial charge on any atom is 0.115 e. The number of aliphatic hydroxyl groups excluding tert-OH is 1. The number of aliphatic hydroxyl groups is 1. The first-order chi connectivity index (χ1) is 9.97. The summed E-state index contributed by atoms with van der Waals surface area (Å²) in [6.07, 6.45) is 5.45. The maximum absolute atomic E-state index is 10.3. The Balaban J connectivity index is 1.96. The van der Waals surface area contributed by atoms with Crippen molar-refractivity contribution >= 4 is 0 Å². The molecule has 0 radical (unpaired) electrons. The fourth-order valence-corrected chi connectivity index (χ4v) is 5.20. The summed E-state index contributed by atoms with van der Waals surface area (Å²) in [7, 11) is 0. The van der Waals surface area contributed by atoms with Crippen molar-refractivity contribution in [1.82, 2.24) is 0 Å². The van der Waals surface area contributed by atoms with Gasteiger partial charge in [-0.25, -0.2) is 0 Å². The molecule has 2 aliphatic carbocycles. The number of aryl methyl sites for hydroxylation is 1. The van der Waals surface area contributed by atoms with E-state index in [1.807, 2.05) is 19.1 Å². The minimum absolute atomic E-state index is 0.0599. The van der Waals surface area contributed by atoms with E-state index in [1.165, 1.54) is 24.0 Å². The van der Waals surface area contributed by atoms with Gasteiger partial charge in [-0.2, -0.15) is 0 Å². The molecule has 2 N–H and O–H groups in total. The van der Waals surface area contributed by atoms with Crippen LogP contribution in [-0.4, -0.2) is 16.3 Å². The summed E-state index contributed by atoms with van der Waals surface area (Å²) < 4.78 is 0. The van der Waals surface area contributed by atoms with Crippen molar-refractivity contribution in [3.05, 3.63) is 29.3 Å². The van der Waals surface area contributed by atoms with Crippen LogP contribution in [0, 0.1) is 17.3 Å². The molecule has 2 aliphatic rings. The zero-order chi connectivity index (χ0) is 15.2. The molecule has 1 aromatic rings. The standard InChI is InChI=1S/C19H28O2/c1-4-18-17-7-5-13-11-14(21)6-8-15(13)16(17)9-10-19(18,3)12(2)20/h6,8,11-12,16-18,20-21H,4-5,7,9-10H2,1-3H3/t12-,16?,17?,18?,19?/m0/s1. The van der Waals surface area contributed by atoms with Crippen LogP contribution in [0.3, 0.4) is 0 Å². The Kier molecular flexibility index (Phi) is 3.77. The molecule has 2 heteroatoms. The number of hydrogen-bond acceptors (Lipinski definition) is 2. The molecule has 0 amide bonds. The van der Waals surface area contributed by atoms with Gasteiger partial charge < -0.3 is 10.2 Å². The molecule has 21 heavy (non-hydrogen) atoms. The quantitative estimate of drug-likeness (QED) is 0.854. The van der Waals surface area contributed by atoms with E-state index in [1.54, 1.807) is 0 Å². The third-order valence-electron chi connectivity index (χ3n) is 6.54. The molecular formula is C19H28O2. The van der Waals surface area contributed by atoms with E-state index in [-0.39, 0.29) is 11.5 Å². The van der Waals surface area contributed by atoms with Gasteiger partial charge in [-0.05, 0) is 79.0 Å². The molecule has 5 atom stereocenters. The van der Waals surface area contributed by atoms with Gasteiger partial charge in [0.15, 0.2) is 0 Å². The molecule has 2 nitrogen and oxygen atoms in total. The number of phenolic OH excluding ortho intramolecular Hbond substituents is 1. The first-order valence-corrected chi connectivity index (χ1v) is 8.47. The normalized spacial score (nSPS) is 36.7. The molecule has 0 spiro atoms. The van der Waals surface area contributed by atoms with Gasteiger partial charge in [-0.3, -0.25) is 0 Å². The highest BCUT2D eigenvalue weighted by molar-refractivity contribution is 5.40. The average molecular weight is 288 g/mol. The summed E-state index contributed by atoms with van der Waals surface area (Å²) in [6, 6.07) is 5.93. The molecule has 0 aliphatic heterocycles. The molecule has 1 saturated carbocycles. The average Bonchev–Trinajstić information content (AvgIpc) is 2.46. The van der Waals surface area contributed by atoms with Crippen LogP contribution in [0.5, 0.6) is 5.75 Å². The van der Waals surface area contributed by atoms with Crippen molar-refractivity contribution in [1.29, 1.82) is 0 Å². The van der Waals surface area contributed by atoms with Crippen molar-refractivity contribution in [2.24, 2.45) is 17.3 Å². The third-order valence-corrected chi connectivity index (χ3v) is 6.54. The summed E-state index contributed by atoms with van der Waals surface area (Å²) >= 11 is 0. The summed E-state index contributed by atoms with van der Waals surface area (Å²) in [4.78, 5) is 0. The van der Waals surface area contributed by atoms with E-state index in [2.05, 4.69) is 19.9 Å². The summed E-state index contributed by atoms with van der Waals surface area (Å²) in [6.45, 7) is 6.53. The van der Waals surface area contributed by atoms with Gasteiger partial charge in [-0.15, -0.1) is 0 Å². The molecule has 1 fully saturated rings. The van der Waals surface area contributed by atoms with Crippen molar-refractivity contribution in [3.8, 4) is 5.75 Å². The van der Waals surface area contributed by atoms with Crippen molar-refractivity contribution in [2.75, 3.05) is 0 Å². The molecular weight excluding hydrogens is 260 g/mol. The Morgan fingerprint density at radius 3 is 2.76 bits per heavy atom. The minimum atomic E-state index is -0.232. The van der Waals surface area contributed by atoms with Gasteiger partial charge in [0.1, 0.15) is 5.75 Å². The highest BCUT2D eigenvalue weighted by Gasteiger charge is 2.49. The summed E-state index contributed by atoms with van der Waals surface area (Å²) in [5.74, 6) is 2.29. The first kappa shape index (κ1) is 14.9. The summed E-state index contributed by atoms with van der Waals surface area (Å²) in [5, 5.41) is 20.0. The number of rotatable bonds is 2. The molecule has 3 rings (SSSR count). The van der Waals surface area contributed by atoms with E-state index in [9.17, 15) is 10.2 Å². The van der Waals surface area contributed by atoms with E-state index < -0.39 is 0 Å². The van der Waals surface area contributed by atoms with E-state index in [4.69, 9.17) is 0 Å². The number of fused-ring (bicyclic) bond motifs is 3. The number of hydrogen-bond donors (Lipinski definition) is 2. The van der Waals surface area contributed by atoms with Crippen LogP contribution in [0.4, 0.5) is 0 Å². The highest BCUT2D eigenvalue weighted by atomic mass is 16.3. The van der Waals surface area contributed by atoms with Crippen molar-refractivity contribution < 1.29 is 10.2 Å². The van der Waals surface area contributed by atoms with Crippen LogP contribution < -0.4 is 0 Å². The molecule has 116 valence electrons. The molecule has 0 heterocycles. The van der Waals surface area contributed by atoms with Crippen LogP contribution in [0.2, 0.25) is 0 Å². The fourth-order valence-electron chi connectivity index (χ4n) is 5.20. The van der Waals surface area contributed by atoms with E-state index in [0.29, 0.717) is 23.5 Å². The number of aromatic hydroxyl groups is 1. The minimum Gasteiger partial charge on any atom is -0.508 e. The lowest BCUT2D eigenvalue weighted by Gasteiger charge is -2.53. The van der Waals surface area contributed by atoms with E-state index >= 15 is 0 Å². The molecule has 0 saturated heterocycles. The lowest BCUT2D eigenvalue weighted by Crippen LogP contribution is -2.47. The van der Waals surface area contributed by atoms with Crippen LogP contribution in [0.15, 0.2) is 18.2 Å². The Labute approximate surface area is 128 Å². The Hall–Kier alpha value is -1.02. The second kappa shape index (κ2) is 5.31. The smallest absolute Gasteiger partial charge is 0.115 e. The lowest BCUT2D eigenvalue weighted by molar-refractivity contribution is -0.0613. The topological polar surface area (TPSA) is 40.5 Å². The third kappa shape index (κ3) is 2.28. The predicted molar refractivity (Wildman–Crippen MR) is 85.5 cm³/mol. The Morgan fingerprint density at radius 2 is 2.10 bits per heavy atom. The van der Waals surface area contributed by atoms with Crippen LogP contribution >= 0.6 is 0 Å². The van der Waals surface area contributed by atoms with Gasteiger partial charge in [0.05, 0.1) is 6.10 Å². The maximum atomic E-state index is 10.3. The van der Waals surface area contributed by atoms with Crippen LogP contribution in [0.1, 0.15) is 63.5 Å². The monoisotopic (exact) mass is 288 g/mol. The van der Waals surface area contributed by atoms with E-state index in [0.717, 1.165) is 19.3 Å². The van der Waals surface area contributed by atoms with Gasteiger partial charge in [-0.1, -0.05) is 26.3 Å². The fraction of sp³-hybridized carbons (Fsp3) is 0.684. The Bertz CT molecular complexity index is 522. The van der Waals surface area contributed by atoms with Gasteiger partial charge in [0, 0.05) is 0 Å². The zero-order valence-corrected chi connectivity index (χ0v) is 13.5. The van der Waals surface area contributed by atoms with Gasteiger partial charge >= 0.3 is 0 Å². The SMILES string of the molecule is CCC1C2CCc3cc(O)ccc3C2CCC1(C)[C@H](C)O. The van der Waals surface area contributed by atoms with Crippen molar-refractivity contribution in [3.63, 3.8) is 0 Å². The highest BCUT2D eigenvalue weighted by Crippen LogP contribution is 2.57. The van der Waals surface area contributed by atoms with Crippen LogP contribution in [0.25, 0.3) is 0 Å². The van der Waals surface area contributed by atoms with Crippen molar-refractivity contribution in [2.45, 2.75) is 64.9 Å². The summed E-state index contributed by atoms with van der Waals surface area (Å²) in [5.41, 5.74) is 2.85. The molecule has 0 aromatic heterocycles.